The van der Waals surface area contributed by atoms with E-state index in [1.165, 1.54) is 0 Å². The van der Waals surface area contributed by atoms with Crippen LogP contribution in [0.3, 0.4) is 0 Å². The minimum atomic E-state index is -0.0324. The highest BCUT2D eigenvalue weighted by atomic mass is 16.5. The molecular formula is C17H25N3O. The number of benzene rings is 1. The molecule has 1 unspecified atom stereocenters. The van der Waals surface area contributed by atoms with Gasteiger partial charge in [-0.25, -0.2) is 4.98 Å². The van der Waals surface area contributed by atoms with Crippen LogP contribution in [0.25, 0.3) is 0 Å². The van der Waals surface area contributed by atoms with E-state index >= 15 is 0 Å². The Kier molecular flexibility index (Phi) is 5.81. The highest BCUT2D eigenvalue weighted by Crippen LogP contribution is 2.18. The zero-order chi connectivity index (χ0) is 15.1. The number of ether oxygens (including phenoxy) is 1. The zero-order valence-corrected chi connectivity index (χ0v) is 13.0. The molecule has 0 bridgehead atoms. The third-order valence-electron chi connectivity index (χ3n) is 3.45. The van der Waals surface area contributed by atoms with Crippen molar-refractivity contribution in [2.45, 2.75) is 45.7 Å². The molecule has 0 saturated carbocycles. The maximum Gasteiger partial charge on any atom is 0.119 e. The van der Waals surface area contributed by atoms with Gasteiger partial charge in [-0.15, -0.1) is 0 Å². The molecule has 0 spiro atoms. The van der Waals surface area contributed by atoms with Gasteiger partial charge in [-0.1, -0.05) is 26.0 Å². The lowest BCUT2D eigenvalue weighted by molar-refractivity contribution is 0.317. The molecule has 1 atom stereocenters. The Hall–Kier alpha value is -1.81. The SMILES string of the molecule is CCCOc1ccc(C(N)Cn2ccnc2CCC)cc1. The second-order valence-electron chi connectivity index (χ2n) is 5.27. The Morgan fingerprint density at radius 3 is 2.62 bits per heavy atom. The van der Waals surface area contributed by atoms with Gasteiger partial charge in [0.1, 0.15) is 11.6 Å². The zero-order valence-electron chi connectivity index (χ0n) is 13.0. The summed E-state index contributed by atoms with van der Waals surface area (Å²) in [7, 11) is 0. The number of aromatic nitrogens is 2. The molecule has 4 heteroatoms. The van der Waals surface area contributed by atoms with Crippen molar-refractivity contribution in [2.75, 3.05) is 6.61 Å². The van der Waals surface area contributed by atoms with Crippen molar-refractivity contribution in [3.8, 4) is 5.75 Å². The van der Waals surface area contributed by atoms with Gasteiger partial charge in [0.25, 0.3) is 0 Å². The highest BCUT2D eigenvalue weighted by molar-refractivity contribution is 5.29. The van der Waals surface area contributed by atoms with Crippen molar-refractivity contribution in [3.63, 3.8) is 0 Å². The van der Waals surface area contributed by atoms with Gasteiger partial charge in [0.2, 0.25) is 0 Å². The van der Waals surface area contributed by atoms with Crippen molar-refractivity contribution in [2.24, 2.45) is 5.73 Å². The average Bonchev–Trinajstić information content (AvgIpc) is 2.93. The van der Waals surface area contributed by atoms with Gasteiger partial charge in [-0.05, 0) is 30.5 Å². The third-order valence-corrected chi connectivity index (χ3v) is 3.45. The monoisotopic (exact) mass is 287 g/mol. The van der Waals surface area contributed by atoms with E-state index in [1.807, 2.05) is 36.7 Å². The summed E-state index contributed by atoms with van der Waals surface area (Å²) in [5.74, 6) is 2.01. The van der Waals surface area contributed by atoms with Gasteiger partial charge >= 0.3 is 0 Å². The molecule has 1 heterocycles. The van der Waals surface area contributed by atoms with Crippen LogP contribution in [0.5, 0.6) is 5.75 Å². The summed E-state index contributed by atoms with van der Waals surface area (Å²) in [4.78, 5) is 4.39. The Bertz CT molecular complexity index is 533. The van der Waals surface area contributed by atoms with Crippen LogP contribution in [0.1, 0.15) is 44.1 Å². The highest BCUT2D eigenvalue weighted by Gasteiger charge is 2.09. The molecule has 2 rings (SSSR count). The first-order valence-corrected chi connectivity index (χ1v) is 7.73. The van der Waals surface area contributed by atoms with Crippen LogP contribution >= 0.6 is 0 Å². The fourth-order valence-electron chi connectivity index (χ4n) is 2.31. The minimum absolute atomic E-state index is 0.0324. The van der Waals surface area contributed by atoms with E-state index in [-0.39, 0.29) is 6.04 Å². The average molecular weight is 287 g/mol. The molecule has 0 radical (unpaired) electrons. The topological polar surface area (TPSA) is 53.1 Å². The van der Waals surface area contributed by atoms with Crippen LogP contribution in [-0.4, -0.2) is 16.2 Å². The predicted octanol–water partition coefficient (Wildman–Crippen LogP) is 3.32. The largest absolute Gasteiger partial charge is 0.494 e. The smallest absolute Gasteiger partial charge is 0.119 e. The molecule has 4 nitrogen and oxygen atoms in total. The van der Waals surface area contributed by atoms with Crippen LogP contribution in [0.4, 0.5) is 0 Å². The molecule has 114 valence electrons. The molecular weight excluding hydrogens is 262 g/mol. The molecule has 0 amide bonds. The van der Waals surface area contributed by atoms with Gasteiger partial charge in [-0.2, -0.15) is 0 Å². The normalized spacial score (nSPS) is 12.3. The molecule has 2 aromatic rings. The Balaban J connectivity index is 1.99. The van der Waals surface area contributed by atoms with Gasteiger partial charge in [-0.3, -0.25) is 0 Å². The molecule has 0 aliphatic heterocycles. The fraction of sp³-hybridized carbons (Fsp3) is 0.471. The molecule has 1 aromatic carbocycles. The maximum atomic E-state index is 6.31. The first kappa shape index (κ1) is 15.6. The first-order chi connectivity index (χ1) is 10.2. The molecule has 2 N–H and O–H groups in total. The number of aryl methyl sites for hydroxylation is 1. The van der Waals surface area contributed by atoms with E-state index in [4.69, 9.17) is 10.5 Å². The lowest BCUT2D eigenvalue weighted by Gasteiger charge is -2.15. The summed E-state index contributed by atoms with van der Waals surface area (Å²) < 4.78 is 7.74. The fourth-order valence-corrected chi connectivity index (χ4v) is 2.31. The summed E-state index contributed by atoms with van der Waals surface area (Å²) >= 11 is 0. The number of rotatable bonds is 8. The van der Waals surface area contributed by atoms with Gasteiger partial charge < -0.3 is 15.0 Å². The van der Waals surface area contributed by atoms with E-state index in [0.29, 0.717) is 0 Å². The molecule has 0 aliphatic carbocycles. The standard InChI is InChI=1S/C17H25N3O/c1-3-5-17-19-10-11-20(17)13-16(18)14-6-8-15(9-7-14)21-12-4-2/h6-11,16H,3-5,12-13,18H2,1-2H3. The van der Waals surface area contributed by atoms with Crippen LogP contribution in [0, 0.1) is 0 Å². The van der Waals surface area contributed by atoms with Crippen molar-refractivity contribution >= 4 is 0 Å². The predicted molar refractivity (Wildman–Crippen MR) is 85.4 cm³/mol. The van der Waals surface area contributed by atoms with E-state index in [1.54, 1.807) is 0 Å². The van der Waals surface area contributed by atoms with Crippen molar-refractivity contribution in [3.05, 3.63) is 48.0 Å². The van der Waals surface area contributed by atoms with E-state index in [2.05, 4.69) is 23.4 Å². The summed E-state index contributed by atoms with van der Waals surface area (Å²) in [5.41, 5.74) is 7.43. The van der Waals surface area contributed by atoms with Crippen LogP contribution < -0.4 is 10.5 Å². The first-order valence-electron chi connectivity index (χ1n) is 7.73. The Morgan fingerprint density at radius 2 is 1.95 bits per heavy atom. The number of imidazole rings is 1. The van der Waals surface area contributed by atoms with Crippen LogP contribution in [0.15, 0.2) is 36.7 Å². The van der Waals surface area contributed by atoms with E-state index in [0.717, 1.165) is 49.6 Å². The van der Waals surface area contributed by atoms with Gasteiger partial charge in [0.15, 0.2) is 0 Å². The number of hydrogen-bond donors (Lipinski definition) is 1. The summed E-state index contributed by atoms with van der Waals surface area (Å²) in [6, 6.07) is 8.05. The Morgan fingerprint density at radius 1 is 1.19 bits per heavy atom. The van der Waals surface area contributed by atoms with Crippen molar-refractivity contribution < 1.29 is 4.74 Å². The van der Waals surface area contributed by atoms with E-state index in [9.17, 15) is 0 Å². The van der Waals surface area contributed by atoms with Gasteiger partial charge in [0, 0.05) is 31.4 Å². The summed E-state index contributed by atoms with van der Waals surface area (Å²) in [6.07, 6.45) is 6.95. The van der Waals surface area contributed by atoms with Crippen molar-refractivity contribution in [1.82, 2.24) is 9.55 Å². The lowest BCUT2D eigenvalue weighted by atomic mass is 10.1. The molecule has 0 fully saturated rings. The number of nitrogens with two attached hydrogens (primary N) is 1. The second kappa shape index (κ2) is 7.84. The molecule has 21 heavy (non-hydrogen) atoms. The Labute approximate surface area is 127 Å². The minimum Gasteiger partial charge on any atom is -0.494 e. The van der Waals surface area contributed by atoms with E-state index < -0.39 is 0 Å². The summed E-state index contributed by atoms with van der Waals surface area (Å²) in [5, 5.41) is 0. The molecule has 0 aliphatic rings. The van der Waals surface area contributed by atoms with Crippen LogP contribution in [0.2, 0.25) is 0 Å². The second-order valence-corrected chi connectivity index (χ2v) is 5.27. The number of nitrogens with zero attached hydrogens (tertiary/aromatic N) is 2. The number of hydrogen-bond acceptors (Lipinski definition) is 3. The third kappa shape index (κ3) is 4.33. The lowest BCUT2D eigenvalue weighted by Crippen LogP contribution is -2.18. The summed E-state index contributed by atoms with van der Waals surface area (Å²) in [6.45, 7) is 5.77. The molecule has 1 aromatic heterocycles. The molecule has 0 saturated heterocycles. The van der Waals surface area contributed by atoms with Gasteiger partial charge in [0.05, 0.1) is 6.61 Å². The van der Waals surface area contributed by atoms with Crippen LogP contribution in [-0.2, 0) is 13.0 Å². The maximum absolute atomic E-state index is 6.31. The quantitative estimate of drug-likeness (QED) is 0.810. The van der Waals surface area contributed by atoms with Crippen molar-refractivity contribution in [1.29, 1.82) is 0 Å².